The maximum absolute atomic E-state index is 4.76. The third-order valence-corrected chi connectivity index (χ3v) is 4.82. The van der Waals surface area contributed by atoms with Crippen LogP contribution >= 0.6 is 11.8 Å². The summed E-state index contributed by atoms with van der Waals surface area (Å²) in [5.41, 5.74) is -0.00585. The molecule has 1 aromatic rings. The van der Waals surface area contributed by atoms with Gasteiger partial charge in [0, 0.05) is 23.8 Å². The van der Waals surface area contributed by atoms with Gasteiger partial charge in [-0.25, -0.2) is 9.97 Å². The first-order valence-corrected chi connectivity index (χ1v) is 8.74. The Morgan fingerprint density at radius 3 is 2.55 bits per heavy atom. The number of thioether (sulfide) groups is 1. The molecule has 0 radical (unpaired) electrons. The molecule has 4 heteroatoms. The molecule has 1 aliphatic rings. The monoisotopic (exact) mass is 293 g/mol. The third kappa shape index (κ3) is 4.37. The molecule has 0 aromatic carbocycles. The second-order valence-corrected chi connectivity index (χ2v) is 7.70. The van der Waals surface area contributed by atoms with Crippen LogP contribution in [-0.2, 0) is 5.41 Å². The van der Waals surface area contributed by atoms with Crippen LogP contribution in [0.15, 0.2) is 11.1 Å². The largest absolute Gasteiger partial charge is 0.370 e. The predicted molar refractivity (Wildman–Crippen MR) is 87.6 cm³/mol. The van der Waals surface area contributed by atoms with Crippen LogP contribution in [-0.4, -0.2) is 22.3 Å². The zero-order chi connectivity index (χ0) is 14.6. The van der Waals surface area contributed by atoms with Crippen molar-refractivity contribution in [2.24, 2.45) is 5.92 Å². The molecule has 3 nitrogen and oxygen atoms in total. The molecule has 0 amide bonds. The standard InChI is InChI=1S/C16H27N3S/c1-5-17-13-10-14(19-15(18-13)16(2,3)4)20-11-12-8-6-7-9-12/h10,12H,5-9,11H2,1-4H3,(H,17,18,19). The molecule has 20 heavy (non-hydrogen) atoms. The van der Waals surface area contributed by atoms with Gasteiger partial charge < -0.3 is 5.32 Å². The van der Waals surface area contributed by atoms with Crippen LogP contribution in [0.3, 0.4) is 0 Å². The Kier molecular flexibility index (Phi) is 5.30. The fraction of sp³-hybridized carbons (Fsp3) is 0.750. The van der Waals surface area contributed by atoms with Gasteiger partial charge in [-0.15, -0.1) is 11.8 Å². The summed E-state index contributed by atoms with van der Waals surface area (Å²) in [4.78, 5) is 9.40. The summed E-state index contributed by atoms with van der Waals surface area (Å²) in [6, 6.07) is 2.10. The van der Waals surface area contributed by atoms with Crippen LogP contribution in [0.2, 0.25) is 0 Å². The quantitative estimate of drug-likeness (QED) is 0.641. The minimum Gasteiger partial charge on any atom is -0.370 e. The Balaban J connectivity index is 2.11. The summed E-state index contributed by atoms with van der Waals surface area (Å²) in [5.74, 6) is 3.98. The van der Waals surface area contributed by atoms with Gasteiger partial charge in [-0.2, -0.15) is 0 Å². The molecule has 1 saturated carbocycles. The second-order valence-electron chi connectivity index (χ2n) is 6.66. The van der Waals surface area contributed by atoms with Crippen molar-refractivity contribution in [3.8, 4) is 0 Å². The van der Waals surface area contributed by atoms with Gasteiger partial charge >= 0.3 is 0 Å². The molecule has 0 saturated heterocycles. The number of hydrogen-bond acceptors (Lipinski definition) is 4. The highest BCUT2D eigenvalue weighted by Gasteiger charge is 2.20. The molecule has 1 aliphatic carbocycles. The van der Waals surface area contributed by atoms with Crippen molar-refractivity contribution in [3.63, 3.8) is 0 Å². The van der Waals surface area contributed by atoms with Gasteiger partial charge in [0.1, 0.15) is 16.7 Å². The van der Waals surface area contributed by atoms with Crippen LogP contribution in [0.5, 0.6) is 0 Å². The van der Waals surface area contributed by atoms with Crippen molar-refractivity contribution in [3.05, 3.63) is 11.9 Å². The Hall–Kier alpha value is -0.770. The number of anilines is 1. The third-order valence-electron chi connectivity index (χ3n) is 3.67. The molecule has 0 unspecified atom stereocenters. The highest BCUT2D eigenvalue weighted by Crippen LogP contribution is 2.31. The highest BCUT2D eigenvalue weighted by molar-refractivity contribution is 7.99. The molecular formula is C16H27N3S. The molecule has 0 aliphatic heterocycles. The van der Waals surface area contributed by atoms with E-state index in [1.54, 1.807) is 0 Å². The van der Waals surface area contributed by atoms with Crippen LogP contribution in [0, 0.1) is 5.92 Å². The van der Waals surface area contributed by atoms with E-state index < -0.39 is 0 Å². The second kappa shape index (κ2) is 6.79. The summed E-state index contributed by atoms with van der Waals surface area (Å²) < 4.78 is 0. The highest BCUT2D eigenvalue weighted by atomic mass is 32.2. The molecule has 0 atom stereocenters. The predicted octanol–water partition coefficient (Wildman–Crippen LogP) is 4.49. The zero-order valence-electron chi connectivity index (χ0n) is 13.2. The average Bonchev–Trinajstić information content (AvgIpc) is 2.88. The van der Waals surface area contributed by atoms with E-state index in [4.69, 9.17) is 4.98 Å². The van der Waals surface area contributed by atoms with E-state index in [0.29, 0.717) is 0 Å². The number of hydrogen-bond donors (Lipinski definition) is 1. The Bertz CT molecular complexity index is 434. The van der Waals surface area contributed by atoms with Crippen molar-refractivity contribution in [2.45, 2.75) is 63.8 Å². The smallest absolute Gasteiger partial charge is 0.137 e. The summed E-state index contributed by atoms with van der Waals surface area (Å²) in [7, 11) is 0. The van der Waals surface area contributed by atoms with Crippen LogP contribution in [0.4, 0.5) is 5.82 Å². The first-order chi connectivity index (χ1) is 9.49. The molecule has 112 valence electrons. The van der Waals surface area contributed by atoms with Crippen LogP contribution in [0.1, 0.15) is 59.2 Å². The normalized spacial score (nSPS) is 16.6. The first-order valence-electron chi connectivity index (χ1n) is 7.75. The number of rotatable bonds is 5. The summed E-state index contributed by atoms with van der Waals surface area (Å²) in [6.45, 7) is 9.51. The fourth-order valence-electron chi connectivity index (χ4n) is 2.49. The molecule has 1 N–H and O–H groups in total. The lowest BCUT2D eigenvalue weighted by atomic mass is 9.96. The number of nitrogens with zero attached hydrogens (tertiary/aromatic N) is 2. The lowest BCUT2D eigenvalue weighted by Gasteiger charge is -2.19. The molecule has 1 heterocycles. The van der Waals surface area contributed by atoms with E-state index in [9.17, 15) is 0 Å². The van der Waals surface area contributed by atoms with E-state index >= 15 is 0 Å². The van der Waals surface area contributed by atoms with Gasteiger partial charge in [0.15, 0.2) is 0 Å². The minimum absolute atomic E-state index is 0.00585. The van der Waals surface area contributed by atoms with E-state index in [-0.39, 0.29) is 5.41 Å². The van der Waals surface area contributed by atoms with Crippen molar-refractivity contribution in [1.82, 2.24) is 9.97 Å². The Morgan fingerprint density at radius 1 is 1.25 bits per heavy atom. The Labute approximate surface area is 127 Å². The topological polar surface area (TPSA) is 37.8 Å². The van der Waals surface area contributed by atoms with E-state index in [0.717, 1.165) is 29.1 Å². The van der Waals surface area contributed by atoms with E-state index in [2.05, 4.69) is 44.1 Å². The van der Waals surface area contributed by atoms with Gasteiger partial charge in [0.2, 0.25) is 0 Å². The summed E-state index contributed by atoms with van der Waals surface area (Å²) in [6.07, 6.45) is 5.60. The molecule has 2 rings (SSSR count). The van der Waals surface area contributed by atoms with Crippen LogP contribution < -0.4 is 5.32 Å². The fourth-order valence-corrected chi connectivity index (χ4v) is 3.57. The molecule has 1 aromatic heterocycles. The van der Waals surface area contributed by atoms with E-state index in [1.165, 1.54) is 31.4 Å². The average molecular weight is 293 g/mol. The number of aromatic nitrogens is 2. The Morgan fingerprint density at radius 2 is 1.95 bits per heavy atom. The molecule has 0 bridgehead atoms. The van der Waals surface area contributed by atoms with Gasteiger partial charge in [0.05, 0.1) is 0 Å². The SMILES string of the molecule is CCNc1cc(SCC2CCCC2)nc(C(C)(C)C)n1. The maximum atomic E-state index is 4.76. The molecule has 1 fully saturated rings. The van der Waals surface area contributed by atoms with Gasteiger partial charge in [-0.05, 0) is 25.7 Å². The molecular weight excluding hydrogens is 266 g/mol. The zero-order valence-corrected chi connectivity index (χ0v) is 14.0. The van der Waals surface area contributed by atoms with E-state index in [1.807, 2.05) is 11.8 Å². The van der Waals surface area contributed by atoms with Gasteiger partial charge in [0.25, 0.3) is 0 Å². The lowest BCUT2D eigenvalue weighted by molar-refractivity contribution is 0.539. The molecule has 0 spiro atoms. The van der Waals surface area contributed by atoms with Gasteiger partial charge in [-0.3, -0.25) is 0 Å². The van der Waals surface area contributed by atoms with Crippen molar-refractivity contribution in [1.29, 1.82) is 0 Å². The minimum atomic E-state index is -0.00585. The number of nitrogens with one attached hydrogen (secondary N) is 1. The van der Waals surface area contributed by atoms with Crippen LogP contribution in [0.25, 0.3) is 0 Å². The van der Waals surface area contributed by atoms with Crippen molar-refractivity contribution in [2.75, 3.05) is 17.6 Å². The van der Waals surface area contributed by atoms with Gasteiger partial charge in [-0.1, -0.05) is 33.6 Å². The van der Waals surface area contributed by atoms with Crippen molar-refractivity contribution < 1.29 is 0 Å². The summed E-state index contributed by atoms with van der Waals surface area (Å²) in [5, 5.41) is 4.44. The lowest BCUT2D eigenvalue weighted by Crippen LogP contribution is -2.17. The first kappa shape index (κ1) is 15.6. The van der Waals surface area contributed by atoms with Crippen molar-refractivity contribution >= 4 is 17.6 Å². The summed E-state index contributed by atoms with van der Waals surface area (Å²) >= 11 is 1.90. The maximum Gasteiger partial charge on any atom is 0.137 e.